The lowest BCUT2D eigenvalue weighted by molar-refractivity contribution is -0.219. The van der Waals surface area contributed by atoms with Gasteiger partial charge in [0.1, 0.15) is 0 Å². The van der Waals surface area contributed by atoms with Gasteiger partial charge >= 0.3 is 0 Å². The second kappa shape index (κ2) is 8.98. The average Bonchev–Trinajstić information content (AvgIpc) is 2.73. The van der Waals surface area contributed by atoms with E-state index in [4.69, 9.17) is 14.2 Å². The first-order valence-electron chi connectivity index (χ1n) is 9.78. The first kappa shape index (κ1) is 22.6. The van der Waals surface area contributed by atoms with Gasteiger partial charge in [-0.25, -0.2) is 0 Å². The minimum Gasteiger partial charge on any atom is -0.493 e. The molecule has 3 aromatic rings. The summed E-state index contributed by atoms with van der Waals surface area (Å²) in [5, 5.41) is 5.72. The van der Waals surface area contributed by atoms with Crippen LogP contribution in [0.1, 0.15) is 24.1 Å². The number of nitrogens with zero attached hydrogens (tertiary/aromatic N) is 1. The lowest BCUT2D eigenvalue weighted by Gasteiger charge is -2.41. The molecule has 2 aliphatic heterocycles. The van der Waals surface area contributed by atoms with Gasteiger partial charge in [0, 0.05) is 48.8 Å². The Kier molecular flexibility index (Phi) is 6.78. The fraction of sp³-hybridized carbons (Fsp3) is 0.348. The van der Waals surface area contributed by atoms with Crippen LogP contribution in [0.5, 0.6) is 11.5 Å². The van der Waals surface area contributed by atoms with E-state index in [0.29, 0.717) is 6.61 Å². The lowest BCUT2D eigenvalue weighted by atomic mass is 9.97. The van der Waals surface area contributed by atoms with E-state index >= 15 is 0 Å². The number of halogens is 2. The summed E-state index contributed by atoms with van der Waals surface area (Å²) in [6, 6.07) is 12.7. The summed E-state index contributed by atoms with van der Waals surface area (Å²) in [5.41, 5.74) is 4.31. The van der Waals surface area contributed by atoms with Gasteiger partial charge in [-0.3, -0.25) is 4.98 Å². The Bertz CT molecular complexity index is 1030. The molecule has 2 aromatic carbocycles. The van der Waals surface area contributed by atoms with Crippen LogP contribution in [0.25, 0.3) is 21.9 Å². The molecule has 1 saturated heterocycles. The number of nitrogens with one attached hydrogen (secondary N) is 1. The van der Waals surface area contributed by atoms with Gasteiger partial charge in [0.15, 0.2) is 11.5 Å². The van der Waals surface area contributed by atoms with Crippen molar-refractivity contribution in [2.45, 2.75) is 32.2 Å². The Labute approximate surface area is 188 Å². The van der Waals surface area contributed by atoms with Crippen LogP contribution < -0.4 is 14.8 Å². The fourth-order valence-electron chi connectivity index (χ4n) is 4.19. The Hall–Kier alpha value is -2.05. The molecule has 5 rings (SSSR count). The van der Waals surface area contributed by atoms with E-state index in [1.807, 2.05) is 13.1 Å². The summed E-state index contributed by atoms with van der Waals surface area (Å²) in [7, 11) is 1.70. The molecule has 1 aromatic heterocycles. The van der Waals surface area contributed by atoms with Crippen molar-refractivity contribution in [2.75, 3.05) is 20.2 Å². The standard InChI is InChI=1S/C23H24N2O3.2ClH/c1-15-20-4-3-16(11-17(20)5-8-25-15)18-12-19-14-27-23(6-9-24-10-7-23)28-22(19)21(13-18)26-2;;/h3-5,8,11-13,24H,6-7,9-10,14H2,1-2H3;2*1H. The molecule has 30 heavy (non-hydrogen) atoms. The Morgan fingerprint density at radius 3 is 2.60 bits per heavy atom. The molecule has 0 aliphatic carbocycles. The average molecular weight is 449 g/mol. The fourth-order valence-corrected chi connectivity index (χ4v) is 4.19. The number of hydrogen-bond donors (Lipinski definition) is 1. The highest BCUT2D eigenvalue weighted by atomic mass is 35.5. The van der Waals surface area contributed by atoms with E-state index in [0.717, 1.165) is 59.8 Å². The van der Waals surface area contributed by atoms with E-state index in [-0.39, 0.29) is 24.8 Å². The minimum atomic E-state index is -0.527. The second-order valence-corrected chi connectivity index (χ2v) is 7.55. The number of ether oxygens (including phenoxy) is 3. The van der Waals surface area contributed by atoms with Crippen molar-refractivity contribution in [3.05, 3.63) is 53.9 Å². The van der Waals surface area contributed by atoms with Crippen LogP contribution >= 0.6 is 24.8 Å². The monoisotopic (exact) mass is 448 g/mol. The SMILES string of the molecule is COc1cc(-c2ccc3c(C)nccc3c2)cc2c1OC1(CCNCC1)OC2.Cl.Cl. The van der Waals surface area contributed by atoms with E-state index < -0.39 is 5.79 Å². The molecule has 1 N–H and O–H groups in total. The number of aryl methyl sites for hydroxylation is 1. The van der Waals surface area contributed by atoms with Crippen molar-refractivity contribution in [3.63, 3.8) is 0 Å². The Morgan fingerprint density at radius 2 is 1.83 bits per heavy atom. The molecule has 0 bridgehead atoms. The molecule has 1 spiro atoms. The van der Waals surface area contributed by atoms with Crippen LogP contribution in [0.3, 0.4) is 0 Å². The maximum atomic E-state index is 6.36. The Balaban J connectivity index is 0.00000128. The summed E-state index contributed by atoms with van der Waals surface area (Å²) >= 11 is 0. The van der Waals surface area contributed by atoms with Crippen LogP contribution in [0.4, 0.5) is 0 Å². The normalized spacial score (nSPS) is 16.7. The van der Waals surface area contributed by atoms with Crippen LogP contribution in [-0.4, -0.2) is 31.0 Å². The smallest absolute Gasteiger partial charge is 0.213 e. The van der Waals surface area contributed by atoms with Crippen LogP contribution in [0.15, 0.2) is 42.6 Å². The van der Waals surface area contributed by atoms with Crippen LogP contribution in [0.2, 0.25) is 0 Å². The largest absolute Gasteiger partial charge is 0.493 e. The molecular weight excluding hydrogens is 423 g/mol. The van der Waals surface area contributed by atoms with Crippen molar-refractivity contribution in [1.29, 1.82) is 0 Å². The number of hydrogen-bond acceptors (Lipinski definition) is 5. The number of fused-ring (bicyclic) bond motifs is 2. The number of pyridine rings is 1. The van der Waals surface area contributed by atoms with Gasteiger partial charge in [0.25, 0.3) is 0 Å². The summed E-state index contributed by atoms with van der Waals surface area (Å²) in [5.74, 6) is 1.06. The molecule has 0 radical (unpaired) electrons. The van der Waals surface area contributed by atoms with Crippen molar-refractivity contribution >= 4 is 35.6 Å². The third-order valence-electron chi connectivity index (χ3n) is 5.79. The zero-order chi connectivity index (χ0) is 19.1. The van der Waals surface area contributed by atoms with E-state index in [1.54, 1.807) is 7.11 Å². The highest BCUT2D eigenvalue weighted by Crippen LogP contribution is 2.44. The third-order valence-corrected chi connectivity index (χ3v) is 5.79. The van der Waals surface area contributed by atoms with Crippen molar-refractivity contribution in [2.24, 2.45) is 0 Å². The quantitative estimate of drug-likeness (QED) is 0.594. The molecular formula is C23H26Cl2N2O3. The van der Waals surface area contributed by atoms with Crippen molar-refractivity contribution in [3.8, 4) is 22.6 Å². The van der Waals surface area contributed by atoms with Gasteiger partial charge in [-0.15, -0.1) is 24.8 Å². The maximum Gasteiger partial charge on any atom is 0.213 e. The number of piperidine rings is 1. The lowest BCUT2D eigenvalue weighted by Crippen LogP contribution is -2.50. The third kappa shape index (κ3) is 3.95. The minimum absolute atomic E-state index is 0. The highest BCUT2D eigenvalue weighted by Gasteiger charge is 2.40. The van der Waals surface area contributed by atoms with Gasteiger partial charge in [0.2, 0.25) is 5.79 Å². The predicted molar refractivity (Wildman–Crippen MR) is 123 cm³/mol. The summed E-state index contributed by atoms with van der Waals surface area (Å²) in [6.45, 7) is 4.38. The first-order chi connectivity index (χ1) is 13.7. The molecule has 1 fully saturated rings. The van der Waals surface area contributed by atoms with Gasteiger partial charge in [0.05, 0.1) is 13.7 Å². The molecule has 0 unspecified atom stereocenters. The molecule has 5 nitrogen and oxygen atoms in total. The van der Waals surface area contributed by atoms with Crippen LogP contribution in [-0.2, 0) is 11.3 Å². The van der Waals surface area contributed by atoms with Crippen molar-refractivity contribution < 1.29 is 14.2 Å². The molecule has 2 aliphatic rings. The molecule has 160 valence electrons. The summed E-state index contributed by atoms with van der Waals surface area (Å²) in [6.07, 6.45) is 3.54. The number of aromatic nitrogens is 1. The van der Waals surface area contributed by atoms with Crippen LogP contribution in [0, 0.1) is 6.92 Å². The number of methoxy groups -OCH3 is 1. The van der Waals surface area contributed by atoms with E-state index in [1.165, 1.54) is 10.8 Å². The predicted octanol–water partition coefficient (Wildman–Crippen LogP) is 5.05. The number of benzene rings is 2. The zero-order valence-electron chi connectivity index (χ0n) is 17.1. The first-order valence-corrected chi connectivity index (χ1v) is 9.78. The van der Waals surface area contributed by atoms with Gasteiger partial charge in [-0.1, -0.05) is 12.1 Å². The molecule has 0 amide bonds. The Morgan fingerprint density at radius 1 is 1.03 bits per heavy atom. The van der Waals surface area contributed by atoms with Gasteiger partial charge in [-0.05, 0) is 47.7 Å². The topological polar surface area (TPSA) is 52.6 Å². The van der Waals surface area contributed by atoms with E-state index in [9.17, 15) is 0 Å². The van der Waals surface area contributed by atoms with Gasteiger partial charge in [-0.2, -0.15) is 0 Å². The second-order valence-electron chi connectivity index (χ2n) is 7.55. The van der Waals surface area contributed by atoms with E-state index in [2.05, 4.69) is 46.7 Å². The molecule has 3 heterocycles. The van der Waals surface area contributed by atoms with Gasteiger partial charge < -0.3 is 19.5 Å². The summed E-state index contributed by atoms with van der Waals surface area (Å²) < 4.78 is 18.3. The molecule has 7 heteroatoms. The highest BCUT2D eigenvalue weighted by molar-refractivity contribution is 5.89. The summed E-state index contributed by atoms with van der Waals surface area (Å²) in [4.78, 5) is 4.38. The van der Waals surface area contributed by atoms with Crippen molar-refractivity contribution in [1.82, 2.24) is 10.3 Å². The molecule has 0 saturated carbocycles. The molecule has 0 atom stereocenters. The number of rotatable bonds is 2. The maximum absolute atomic E-state index is 6.36. The zero-order valence-corrected chi connectivity index (χ0v) is 18.7.